The van der Waals surface area contributed by atoms with Crippen LogP contribution < -0.4 is 16.0 Å². The van der Waals surface area contributed by atoms with E-state index in [1.807, 2.05) is 19.1 Å². The molecule has 0 bridgehead atoms. The summed E-state index contributed by atoms with van der Waals surface area (Å²) in [7, 11) is 0. The number of nitrogens with zero attached hydrogens (tertiary/aromatic N) is 1. The van der Waals surface area contributed by atoms with E-state index in [2.05, 4.69) is 0 Å². The zero-order valence-corrected chi connectivity index (χ0v) is 12.6. The Hall–Kier alpha value is -2.90. The fraction of sp³-hybridized carbons (Fsp3) is 0.333. The molecule has 3 N–H and O–H groups in total. The minimum absolute atomic E-state index is 0.0180. The van der Waals surface area contributed by atoms with Gasteiger partial charge in [-0.15, -0.1) is 0 Å². The monoisotopic (exact) mass is 319 g/mol. The number of urea groups is 1. The average Bonchev–Trinajstić information content (AvgIpc) is 2.87. The van der Waals surface area contributed by atoms with Crippen molar-refractivity contribution < 1.29 is 23.9 Å². The lowest BCUT2D eigenvalue weighted by atomic mass is 10.1. The lowest BCUT2D eigenvalue weighted by Crippen LogP contribution is -2.38. The Balaban J connectivity index is 1.91. The fourth-order valence-electron chi connectivity index (χ4n) is 2.27. The maximum absolute atomic E-state index is 12.0. The third kappa shape index (κ3) is 4.29. The van der Waals surface area contributed by atoms with E-state index >= 15 is 0 Å². The number of benzene rings is 1. The first-order valence-electron chi connectivity index (χ1n) is 7.00. The summed E-state index contributed by atoms with van der Waals surface area (Å²) in [6.07, 6.45) is 0.0180. The van der Waals surface area contributed by atoms with Crippen molar-refractivity contribution in [2.24, 2.45) is 11.7 Å². The summed E-state index contributed by atoms with van der Waals surface area (Å²) in [6, 6.07) is 6.35. The SMILES string of the molecule is Cc1ccc(N2C[C@@H](C(=O)OCC(=O)NC(N)=O)CC2=O)cc1. The van der Waals surface area contributed by atoms with Crippen molar-refractivity contribution in [1.82, 2.24) is 5.32 Å². The molecule has 0 unspecified atom stereocenters. The number of imide groups is 1. The summed E-state index contributed by atoms with van der Waals surface area (Å²) < 4.78 is 4.80. The molecular weight excluding hydrogens is 302 g/mol. The lowest BCUT2D eigenvalue weighted by Gasteiger charge is -2.16. The Bertz CT molecular complexity index is 641. The third-order valence-corrected chi connectivity index (χ3v) is 3.41. The summed E-state index contributed by atoms with van der Waals surface area (Å²) in [5, 5.41) is 1.78. The Morgan fingerprint density at radius 3 is 2.57 bits per heavy atom. The summed E-state index contributed by atoms with van der Waals surface area (Å²) in [4.78, 5) is 47.1. The minimum atomic E-state index is -1.02. The van der Waals surface area contributed by atoms with Gasteiger partial charge in [0.1, 0.15) is 0 Å². The van der Waals surface area contributed by atoms with Crippen LogP contribution in [0.15, 0.2) is 24.3 Å². The van der Waals surface area contributed by atoms with Gasteiger partial charge in [0.15, 0.2) is 6.61 Å². The van der Waals surface area contributed by atoms with E-state index in [1.54, 1.807) is 17.4 Å². The molecule has 1 atom stereocenters. The quantitative estimate of drug-likeness (QED) is 0.762. The number of esters is 1. The van der Waals surface area contributed by atoms with E-state index in [-0.39, 0.29) is 18.9 Å². The summed E-state index contributed by atoms with van der Waals surface area (Å²) in [5.74, 6) is -2.30. The van der Waals surface area contributed by atoms with E-state index in [0.29, 0.717) is 5.69 Å². The molecule has 1 heterocycles. The van der Waals surface area contributed by atoms with Gasteiger partial charge in [-0.25, -0.2) is 4.79 Å². The third-order valence-electron chi connectivity index (χ3n) is 3.41. The highest BCUT2D eigenvalue weighted by molar-refractivity contribution is 6.00. The Morgan fingerprint density at radius 2 is 1.96 bits per heavy atom. The van der Waals surface area contributed by atoms with Crippen LogP contribution in [0.2, 0.25) is 0 Å². The van der Waals surface area contributed by atoms with Crippen LogP contribution in [0.1, 0.15) is 12.0 Å². The van der Waals surface area contributed by atoms with Crippen LogP contribution in [0, 0.1) is 12.8 Å². The highest BCUT2D eigenvalue weighted by Crippen LogP contribution is 2.26. The van der Waals surface area contributed by atoms with Gasteiger partial charge < -0.3 is 15.4 Å². The second-order valence-electron chi connectivity index (χ2n) is 5.26. The van der Waals surface area contributed by atoms with Crippen molar-refractivity contribution in [3.8, 4) is 0 Å². The summed E-state index contributed by atoms with van der Waals surface area (Å²) >= 11 is 0. The predicted octanol–water partition coefficient (Wildman–Crippen LogP) is 0.0860. The van der Waals surface area contributed by atoms with E-state index in [1.165, 1.54) is 4.90 Å². The van der Waals surface area contributed by atoms with Crippen molar-refractivity contribution in [3.05, 3.63) is 29.8 Å². The number of nitrogens with two attached hydrogens (primary N) is 1. The smallest absolute Gasteiger partial charge is 0.318 e. The number of ether oxygens (including phenoxy) is 1. The second-order valence-corrected chi connectivity index (χ2v) is 5.26. The summed E-state index contributed by atoms with van der Waals surface area (Å²) in [6.45, 7) is 1.52. The van der Waals surface area contributed by atoms with Gasteiger partial charge in [0, 0.05) is 18.7 Å². The van der Waals surface area contributed by atoms with E-state index in [4.69, 9.17) is 10.5 Å². The number of carbonyl (C=O) groups excluding carboxylic acids is 4. The minimum Gasteiger partial charge on any atom is -0.455 e. The molecule has 1 aliphatic rings. The Morgan fingerprint density at radius 1 is 1.30 bits per heavy atom. The highest BCUT2D eigenvalue weighted by Gasteiger charge is 2.36. The molecule has 4 amide bonds. The number of aryl methyl sites for hydroxylation is 1. The number of carbonyl (C=O) groups is 4. The molecular formula is C15H17N3O5. The number of rotatable bonds is 4. The number of primary amides is 1. The number of amides is 4. The molecule has 1 fully saturated rings. The Kier molecular flexibility index (Phi) is 4.95. The van der Waals surface area contributed by atoms with E-state index < -0.39 is 30.4 Å². The van der Waals surface area contributed by atoms with Crippen molar-refractivity contribution >= 4 is 29.5 Å². The number of nitrogens with one attached hydrogen (secondary N) is 1. The van der Waals surface area contributed by atoms with Gasteiger partial charge in [-0.3, -0.25) is 19.7 Å². The molecule has 2 rings (SSSR count). The van der Waals surface area contributed by atoms with Crippen molar-refractivity contribution in [2.75, 3.05) is 18.1 Å². The van der Waals surface area contributed by atoms with Crippen LogP contribution in [0.25, 0.3) is 0 Å². The van der Waals surface area contributed by atoms with Crippen LogP contribution in [0.4, 0.5) is 10.5 Å². The van der Waals surface area contributed by atoms with E-state index in [9.17, 15) is 19.2 Å². The molecule has 0 spiro atoms. The Labute approximate surface area is 132 Å². The predicted molar refractivity (Wildman–Crippen MR) is 80.3 cm³/mol. The average molecular weight is 319 g/mol. The van der Waals surface area contributed by atoms with Crippen molar-refractivity contribution in [1.29, 1.82) is 0 Å². The molecule has 8 nitrogen and oxygen atoms in total. The standard InChI is InChI=1S/C15H17N3O5/c1-9-2-4-11(5-3-9)18-7-10(6-13(18)20)14(21)23-8-12(19)17-15(16)22/h2-5,10H,6-8H2,1H3,(H3,16,17,19,22)/t10-/m0/s1. The fourth-order valence-corrected chi connectivity index (χ4v) is 2.27. The highest BCUT2D eigenvalue weighted by atomic mass is 16.5. The molecule has 8 heteroatoms. The normalized spacial score (nSPS) is 17.0. The molecule has 1 saturated heterocycles. The molecule has 0 radical (unpaired) electrons. The maximum atomic E-state index is 12.0. The van der Waals surface area contributed by atoms with Gasteiger partial charge >= 0.3 is 12.0 Å². The largest absolute Gasteiger partial charge is 0.455 e. The van der Waals surface area contributed by atoms with Crippen LogP contribution in [-0.4, -0.2) is 37.0 Å². The van der Waals surface area contributed by atoms with Crippen LogP contribution in [0.3, 0.4) is 0 Å². The molecule has 0 aromatic heterocycles. The van der Waals surface area contributed by atoms with Gasteiger partial charge in [0.2, 0.25) is 5.91 Å². The van der Waals surface area contributed by atoms with Gasteiger partial charge in [-0.1, -0.05) is 17.7 Å². The van der Waals surface area contributed by atoms with Gasteiger partial charge in [-0.05, 0) is 19.1 Å². The molecule has 1 aliphatic heterocycles. The maximum Gasteiger partial charge on any atom is 0.318 e. The topological polar surface area (TPSA) is 119 Å². The first kappa shape index (κ1) is 16.5. The van der Waals surface area contributed by atoms with Crippen molar-refractivity contribution in [2.45, 2.75) is 13.3 Å². The molecule has 122 valence electrons. The molecule has 0 aliphatic carbocycles. The van der Waals surface area contributed by atoms with Gasteiger partial charge in [0.05, 0.1) is 5.92 Å². The number of hydrogen-bond acceptors (Lipinski definition) is 5. The zero-order chi connectivity index (χ0) is 17.0. The van der Waals surface area contributed by atoms with E-state index in [0.717, 1.165) is 5.56 Å². The van der Waals surface area contributed by atoms with Gasteiger partial charge in [0.25, 0.3) is 5.91 Å². The van der Waals surface area contributed by atoms with Crippen LogP contribution in [0.5, 0.6) is 0 Å². The first-order valence-corrected chi connectivity index (χ1v) is 7.00. The lowest BCUT2D eigenvalue weighted by molar-refractivity contribution is -0.152. The number of hydrogen-bond donors (Lipinski definition) is 2. The van der Waals surface area contributed by atoms with Crippen LogP contribution >= 0.6 is 0 Å². The molecule has 1 aromatic carbocycles. The van der Waals surface area contributed by atoms with Crippen LogP contribution in [-0.2, 0) is 19.1 Å². The van der Waals surface area contributed by atoms with Gasteiger partial charge in [-0.2, -0.15) is 0 Å². The molecule has 0 saturated carbocycles. The summed E-state index contributed by atoms with van der Waals surface area (Å²) in [5.41, 5.74) is 6.55. The van der Waals surface area contributed by atoms with Crippen molar-refractivity contribution in [3.63, 3.8) is 0 Å². The number of anilines is 1. The first-order chi connectivity index (χ1) is 10.9. The molecule has 1 aromatic rings. The second kappa shape index (κ2) is 6.91. The zero-order valence-electron chi connectivity index (χ0n) is 12.6. The molecule has 23 heavy (non-hydrogen) atoms.